The Balaban J connectivity index is 1.79. The minimum absolute atomic E-state index is 0.338. The number of para-hydroxylation sites is 2. The zero-order valence-corrected chi connectivity index (χ0v) is 11.3. The first-order chi connectivity index (χ1) is 9.83. The van der Waals surface area contributed by atoms with Gasteiger partial charge in [-0.2, -0.15) is 0 Å². The van der Waals surface area contributed by atoms with Gasteiger partial charge >= 0.3 is 0 Å². The van der Waals surface area contributed by atoms with Crippen molar-refractivity contribution in [2.75, 3.05) is 12.3 Å². The minimum atomic E-state index is 0.338. The molecule has 20 heavy (non-hydrogen) atoms. The molecule has 1 atom stereocenters. The highest BCUT2D eigenvalue weighted by molar-refractivity contribution is 5.95. The Labute approximate surface area is 118 Å². The van der Waals surface area contributed by atoms with Crippen molar-refractivity contribution in [3.05, 3.63) is 59.7 Å². The molecule has 1 saturated heterocycles. The number of nitrogens with two attached hydrogens (primary N) is 1. The fraction of sp³-hybridized carbons (Fsp3) is 0.235. The molecule has 3 heteroatoms. The number of hydrogen-bond donors (Lipinski definition) is 1. The highest BCUT2D eigenvalue weighted by Crippen LogP contribution is 2.38. The molecule has 0 aromatic heterocycles. The molecule has 2 aromatic carbocycles. The van der Waals surface area contributed by atoms with Crippen LogP contribution in [-0.4, -0.2) is 17.3 Å². The maximum atomic E-state index is 6.14. The normalized spacial score (nSPS) is 20.3. The lowest BCUT2D eigenvalue weighted by molar-refractivity contribution is 0.443. The molecule has 2 heterocycles. The Bertz CT molecular complexity index is 690. The van der Waals surface area contributed by atoms with E-state index in [2.05, 4.69) is 41.3 Å². The van der Waals surface area contributed by atoms with Gasteiger partial charge in [-0.05, 0) is 29.7 Å². The van der Waals surface area contributed by atoms with Gasteiger partial charge in [0.1, 0.15) is 5.84 Å². The van der Waals surface area contributed by atoms with E-state index in [-0.39, 0.29) is 0 Å². The van der Waals surface area contributed by atoms with Crippen molar-refractivity contribution >= 4 is 17.2 Å². The van der Waals surface area contributed by atoms with E-state index in [0.717, 1.165) is 30.9 Å². The van der Waals surface area contributed by atoms with Gasteiger partial charge in [-0.3, -0.25) is 0 Å². The molecule has 2 aliphatic heterocycles. The van der Waals surface area contributed by atoms with Gasteiger partial charge in [0.15, 0.2) is 0 Å². The van der Waals surface area contributed by atoms with Crippen molar-refractivity contribution in [1.82, 2.24) is 4.90 Å². The zero-order chi connectivity index (χ0) is 13.5. The molecule has 2 aliphatic rings. The fourth-order valence-corrected chi connectivity index (χ4v) is 3.26. The molecule has 0 aliphatic carbocycles. The second-order valence-electron chi connectivity index (χ2n) is 5.49. The lowest BCUT2D eigenvalue weighted by Gasteiger charge is -2.27. The highest BCUT2D eigenvalue weighted by Gasteiger charge is 2.34. The van der Waals surface area contributed by atoms with Crippen LogP contribution in [-0.2, 0) is 6.54 Å². The lowest BCUT2D eigenvalue weighted by Crippen LogP contribution is -2.29. The van der Waals surface area contributed by atoms with Gasteiger partial charge in [0.25, 0.3) is 0 Å². The summed E-state index contributed by atoms with van der Waals surface area (Å²) in [7, 11) is 0. The number of amidine groups is 1. The summed E-state index contributed by atoms with van der Waals surface area (Å²) in [6.45, 7) is 2.03. The van der Waals surface area contributed by atoms with Crippen molar-refractivity contribution in [1.29, 1.82) is 0 Å². The van der Waals surface area contributed by atoms with Crippen LogP contribution >= 0.6 is 0 Å². The lowest BCUT2D eigenvalue weighted by atomic mass is 9.95. The summed E-state index contributed by atoms with van der Waals surface area (Å²) in [6.07, 6.45) is 1.10. The minimum Gasteiger partial charge on any atom is -0.398 e. The molecule has 100 valence electrons. The van der Waals surface area contributed by atoms with Crippen LogP contribution in [0.2, 0.25) is 0 Å². The summed E-state index contributed by atoms with van der Waals surface area (Å²) < 4.78 is 0. The Kier molecular flexibility index (Phi) is 2.52. The first-order valence-corrected chi connectivity index (χ1v) is 7.09. The van der Waals surface area contributed by atoms with Gasteiger partial charge in [-0.15, -0.1) is 0 Å². The number of aliphatic imine (C=N–C) groups is 1. The first-order valence-electron chi connectivity index (χ1n) is 7.09. The smallest absolute Gasteiger partial charge is 0.113 e. The second kappa shape index (κ2) is 4.37. The summed E-state index contributed by atoms with van der Waals surface area (Å²) in [6, 6.07) is 16.6. The van der Waals surface area contributed by atoms with Gasteiger partial charge in [0.2, 0.25) is 0 Å². The van der Waals surface area contributed by atoms with E-state index in [0.29, 0.717) is 5.92 Å². The molecule has 1 fully saturated rings. The number of fused-ring (bicyclic) bond motifs is 2. The number of nitrogens with zero attached hydrogens (tertiary/aromatic N) is 2. The van der Waals surface area contributed by atoms with Crippen molar-refractivity contribution in [2.24, 2.45) is 4.99 Å². The van der Waals surface area contributed by atoms with Gasteiger partial charge in [0, 0.05) is 24.7 Å². The monoisotopic (exact) mass is 263 g/mol. The van der Waals surface area contributed by atoms with Gasteiger partial charge < -0.3 is 10.6 Å². The van der Waals surface area contributed by atoms with E-state index >= 15 is 0 Å². The quantitative estimate of drug-likeness (QED) is 0.802. The summed E-state index contributed by atoms with van der Waals surface area (Å²) in [4.78, 5) is 7.28. The van der Waals surface area contributed by atoms with Crippen molar-refractivity contribution in [3.8, 4) is 0 Å². The van der Waals surface area contributed by atoms with Gasteiger partial charge in [0.05, 0.1) is 5.69 Å². The predicted octanol–water partition coefficient (Wildman–Crippen LogP) is 3.30. The van der Waals surface area contributed by atoms with E-state index in [9.17, 15) is 0 Å². The number of anilines is 1. The maximum Gasteiger partial charge on any atom is 0.113 e. The Morgan fingerprint density at radius 1 is 1.05 bits per heavy atom. The molecular formula is C17H17N3. The van der Waals surface area contributed by atoms with E-state index in [4.69, 9.17) is 10.7 Å². The van der Waals surface area contributed by atoms with Crippen molar-refractivity contribution in [2.45, 2.75) is 18.9 Å². The SMILES string of the molecule is Nc1ccccc1C1CCN2Cc3ccccc3N=C12. The molecule has 0 radical (unpaired) electrons. The van der Waals surface area contributed by atoms with Crippen molar-refractivity contribution < 1.29 is 0 Å². The molecule has 1 unspecified atom stereocenters. The van der Waals surface area contributed by atoms with Crippen LogP contribution in [0.4, 0.5) is 11.4 Å². The predicted molar refractivity (Wildman–Crippen MR) is 82.2 cm³/mol. The van der Waals surface area contributed by atoms with Crippen LogP contribution in [0.1, 0.15) is 23.5 Å². The van der Waals surface area contributed by atoms with E-state index in [1.807, 2.05) is 12.1 Å². The Morgan fingerprint density at radius 2 is 1.85 bits per heavy atom. The first kappa shape index (κ1) is 11.5. The van der Waals surface area contributed by atoms with E-state index in [1.54, 1.807) is 0 Å². The third-order valence-electron chi connectivity index (χ3n) is 4.28. The largest absolute Gasteiger partial charge is 0.398 e. The van der Waals surface area contributed by atoms with Gasteiger partial charge in [-0.1, -0.05) is 36.4 Å². The zero-order valence-electron chi connectivity index (χ0n) is 11.3. The van der Waals surface area contributed by atoms with E-state index < -0.39 is 0 Å². The average Bonchev–Trinajstić information content (AvgIpc) is 2.88. The van der Waals surface area contributed by atoms with Crippen LogP contribution in [0.25, 0.3) is 0 Å². The number of nitrogen functional groups attached to an aromatic ring is 1. The molecule has 2 N–H and O–H groups in total. The molecule has 4 rings (SSSR count). The number of benzene rings is 2. The molecule has 3 nitrogen and oxygen atoms in total. The molecular weight excluding hydrogens is 246 g/mol. The standard InChI is InChI=1S/C17H17N3/c18-15-7-3-2-6-13(15)14-9-10-20-11-12-5-1-4-8-16(12)19-17(14)20/h1-8,14H,9-11,18H2. The molecule has 0 bridgehead atoms. The van der Waals surface area contributed by atoms with Crippen LogP contribution in [0.3, 0.4) is 0 Å². The third-order valence-corrected chi connectivity index (χ3v) is 4.28. The average molecular weight is 263 g/mol. The van der Waals surface area contributed by atoms with Crippen LogP contribution < -0.4 is 5.73 Å². The molecule has 0 saturated carbocycles. The van der Waals surface area contributed by atoms with Crippen LogP contribution in [0.5, 0.6) is 0 Å². The third kappa shape index (κ3) is 1.70. The highest BCUT2D eigenvalue weighted by atomic mass is 15.2. The molecule has 0 amide bonds. The fourth-order valence-electron chi connectivity index (χ4n) is 3.26. The summed E-state index contributed by atoms with van der Waals surface area (Å²) in [5.41, 5.74) is 10.7. The van der Waals surface area contributed by atoms with Gasteiger partial charge in [-0.25, -0.2) is 4.99 Å². The number of rotatable bonds is 1. The topological polar surface area (TPSA) is 41.6 Å². The Hall–Kier alpha value is -2.29. The molecule has 0 spiro atoms. The van der Waals surface area contributed by atoms with Crippen LogP contribution in [0.15, 0.2) is 53.5 Å². The summed E-state index contributed by atoms with van der Waals surface area (Å²) >= 11 is 0. The summed E-state index contributed by atoms with van der Waals surface area (Å²) in [5, 5.41) is 0. The Morgan fingerprint density at radius 3 is 2.75 bits per heavy atom. The maximum absolute atomic E-state index is 6.14. The summed E-state index contributed by atoms with van der Waals surface area (Å²) in [5.74, 6) is 1.52. The second-order valence-corrected chi connectivity index (χ2v) is 5.49. The number of hydrogen-bond acceptors (Lipinski definition) is 3. The van der Waals surface area contributed by atoms with Crippen molar-refractivity contribution in [3.63, 3.8) is 0 Å². The van der Waals surface area contributed by atoms with E-state index in [1.165, 1.54) is 17.0 Å². The van der Waals surface area contributed by atoms with Crippen LogP contribution in [0, 0.1) is 0 Å². The molecule has 2 aromatic rings.